The van der Waals surface area contributed by atoms with Crippen LogP contribution in [0.2, 0.25) is 0 Å². The van der Waals surface area contributed by atoms with Gasteiger partial charge in [-0.15, -0.1) is 0 Å². The summed E-state index contributed by atoms with van der Waals surface area (Å²) in [6, 6.07) is 0. The Morgan fingerprint density at radius 2 is 1.78 bits per heavy atom. The van der Waals surface area contributed by atoms with Gasteiger partial charge in [0, 0.05) is 0 Å². The van der Waals surface area contributed by atoms with Crippen molar-refractivity contribution in [3.63, 3.8) is 0 Å². The molecular weight excluding hydrogens is 220 g/mol. The van der Waals surface area contributed by atoms with Crippen LogP contribution in [0.5, 0.6) is 0 Å². The van der Waals surface area contributed by atoms with Gasteiger partial charge >= 0.3 is 0 Å². The van der Waals surface area contributed by atoms with Crippen LogP contribution in [0.1, 0.15) is 66.2 Å². The molecule has 0 amide bonds. The van der Waals surface area contributed by atoms with E-state index in [4.69, 9.17) is 0 Å². The summed E-state index contributed by atoms with van der Waals surface area (Å²) in [6.07, 6.45) is 7.80. The van der Waals surface area contributed by atoms with Gasteiger partial charge in [0.25, 0.3) is 0 Å². The molecule has 0 saturated heterocycles. The van der Waals surface area contributed by atoms with E-state index in [0.29, 0.717) is 16.7 Å². The maximum atomic E-state index is 10.5. The molecule has 18 heavy (non-hydrogen) atoms. The number of rotatable bonds is 1. The van der Waals surface area contributed by atoms with Crippen LogP contribution in [-0.2, 0) is 0 Å². The second kappa shape index (κ2) is 3.98. The predicted octanol–water partition coefficient (Wildman–Crippen LogP) is 4.25. The Hall–Kier alpha value is -0.0400. The van der Waals surface area contributed by atoms with Gasteiger partial charge < -0.3 is 5.11 Å². The smallest absolute Gasteiger partial charge is 0.0573 e. The fourth-order valence-corrected chi connectivity index (χ4v) is 5.93. The summed E-state index contributed by atoms with van der Waals surface area (Å²) in [7, 11) is 0. The highest BCUT2D eigenvalue weighted by molar-refractivity contribution is 5.12. The van der Waals surface area contributed by atoms with Crippen LogP contribution < -0.4 is 0 Å². The molecule has 1 heteroatoms. The van der Waals surface area contributed by atoms with Crippen molar-refractivity contribution in [2.24, 2.45) is 34.5 Å². The molecule has 3 unspecified atom stereocenters. The van der Waals surface area contributed by atoms with Crippen molar-refractivity contribution in [2.75, 3.05) is 0 Å². The lowest BCUT2D eigenvalue weighted by Crippen LogP contribution is -2.44. The number of hydrogen-bond acceptors (Lipinski definition) is 1. The third-order valence-corrected chi connectivity index (χ3v) is 7.59. The van der Waals surface area contributed by atoms with E-state index in [0.717, 1.165) is 24.2 Å². The van der Waals surface area contributed by atoms with Gasteiger partial charge in [-0.3, -0.25) is 0 Å². The molecule has 2 bridgehead atoms. The van der Waals surface area contributed by atoms with Crippen LogP contribution in [0.4, 0.5) is 0 Å². The van der Waals surface area contributed by atoms with Gasteiger partial charge in [0.15, 0.2) is 0 Å². The molecule has 3 saturated carbocycles. The van der Waals surface area contributed by atoms with Gasteiger partial charge in [-0.05, 0) is 60.2 Å². The Balaban J connectivity index is 1.90. The van der Waals surface area contributed by atoms with E-state index in [9.17, 15) is 5.11 Å². The van der Waals surface area contributed by atoms with Gasteiger partial charge in [0.05, 0.1) is 6.10 Å². The minimum Gasteiger partial charge on any atom is -0.393 e. The van der Waals surface area contributed by atoms with Crippen LogP contribution in [0.3, 0.4) is 0 Å². The van der Waals surface area contributed by atoms with Crippen molar-refractivity contribution < 1.29 is 5.11 Å². The summed E-state index contributed by atoms with van der Waals surface area (Å²) in [5.74, 6) is 2.99. The molecule has 3 aliphatic rings. The first kappa shape index (κ1) is 13.0. The Labute approximate surface area is 112 Å². The van der Waals surface area contributed by atoms with Gasteiger partial charge in [-0.1, -0.05) is 40.5 Å². The molecule has 6 atom stereocenters. The average Bonchev–Trinajstić information content (AvgIpc) is 2.62. The van der Waals surface area contributed by atoms with Crippen molar-refractivity contribution >= 4 is 0 Å². The highest BCUT2D eigenvalue weighted by atomic mass is 16.3. The highest BCUT2D eigenvalue weighted by Gasteiger charge is 2.63. The van der Waals surface area contributed by atoms with Crippen molar-refractivity contribution in [3.8, 4) is 0 Å². The number of aliphatic hydroxyl groups is 1. The van der Waals surface area contributed by atoms with E-state index in [1.807, 2.05) is 0 Å². The van der Waals surface area contributed by atoms with Crippen molar-refractivity contribution in [1.82, 2.24) is 0 Å². The van der Waals surface area contributed by atoms with Crippen LogP contribution in [0, 0.1) is 34.5 Å². The molecule has 3 fully saturated rings. The van der Waals surface area contributed by atoms with E-state index in [2.05, 4.69) is 27.7 Å². The minimum atomic E-state index is -0.0225. The lowest BCUT2D eigenvalue weighted by molar-refractivity contribution is -0.0462. The first-order chi connectivity index (χ1) is 8.38. The number of hydrogen-bond donors (Lipinski definition) is 1. The highest BCUT2D eigenvalue weighted by Crippen LogP contribution is 2.70. The Morgan fingerprint density at radius 3 is 2.28 bits per heavy atom. The molecule has 3 aliphatic carbocycles. The molecule has 0 heterocycles. The summed E-state index contributed by atoms with van der Waals surface area (Å²) in [5.41, 5.74) is 0.976. The van der Waals surface area contributed by atoms with E-state index >= 15 is 0 Å². The van der Waals surface area contributed by atoms with Gasteiger partial charge in [0.1, 0.15) is 0 Å². The zero-order valence-electron chi connectivity index (χ0n) is 12.6. The summed E-state index contributed by atoms with van der Waals surface area (Å²) in [6.45, 7) is 9.89. The maximum absolute atomic E-state index is 10.5. The average molecular weight is 250 g/mol. The maximum Gasteiger partial charge on any atom is 0.0573 e. The molecule has 1 N–H and O–H groups in total. The normalized spacial score (nSPS) is 54.8. The summed E-state index contributed by atoms with van der Waals surface area (Å²) < 4.78 is 0. The third-order valence-electron chi connectivity index (χ3n) is 7.59. The minimum absolute atomic E-state index is 0.0225. The van der Waals surface area contributed by atoms with Crippen molar-refractivity contribution in [3.05, 3.63) is 0 Å². The topological polar surface area (TPSA) is 20.2 Å². The largest absolute Gasteiger partial charge is 0.393 e. The summed E-state index contributed by atoms with van der Waals surface area (Å²) in [4.78, 5) is 0. The van der Waals surface area contributed by atoms with E-state index < -0.39 is 0 Å². The molecule has 0 radical (unpaired) electrons. The fraction of sp³-hybridized carbons (Fsp3) is 1.00. The molecular formula is C17H30O. The summed E-state index contributed by atoms with van der Waals surface area (Å²) in [5, 5.41) is 10.5. The fourth-order valence-electron chi connectivity index (χ4n) is 5.93. The van der Waals surface area contributed by atoms with Crippen LogP contribution in [-0.4, -0.2) is 11.2 Å². The lowest BCUT2D eigenvalue weighted by Gasteiger charge is -2.47. The summed E-state index contributed by atoms with van der Waals surface area (Å²) >= 11 is 0. The monoisotopic (exact) mass is 250 g/mol. The van der Waals surface area contributed by atoms with Gasteiger partial charge in [-0.2, -0.15) is 0 Å². The zero-order valence-corrected chi connectivity index (χ0v) is 12.6. The molecule has 104 valence electrons. The first-order valence-electron chi connectivity index (χ1n) is 8.06. The molecule has 1 nitrogen and oxygen atoms in total. The molecule has 0 aliphatic heterocycles. The molecule has 0 aromatic carbocycles. The van der Waals surface area contributed by atoms with Crippen LogP contribution >= 0.6 is 0 Å². The first-order valence-corrected chi connectivity index (χ1v) is 8.06. The van der Waals surface area contributed by atoms with E-state index in [-0.39, 0.29) is 6.10 Å². The predicted molar refractivity (Wildman–Crippen MR) is 75.2 cm³/mol. The molecule has 0 aromatic heterocycles. The Kier molecular flexibility index (Phi) is 2.86. The van der Waals surface area contributed by atoms with E-state index in [1.54, 1.807) is 0 Å². The number of fused-ring (bicyclic) bond motifs is 2. The zero-order chi connectivity index (χ0) is 13.1. The lowest BCUT2D eigenvalue weighted by atomic mass is 9.58. The quantitative estimate of drug-likeness (QED) is 0.738. The van der Waals surface area contributed by atoms with Gasteiger partial charge in [-0.25, -0.2) is 0 Å². The SMILES string of the molecule is CC1CCCC(O)C1[C@H]1C[C@@H]2CC[C@@]1(C)C2(C)C. The molecule has 3 rings (SSSR count). The third kappa shape index (κ3) is 1.49. The second-order valence-corrected chi connectivity index (χ2v) is 8.27. The standard InChI is InChI=1S/C17H30O/c1-11-6-5-7-14(18)15(11)13-10-12-8-9-17(13,4)16(12,2)3/h11-15,18H,5-10H2,1-4H3/t11?,12-,13+,14?,15?,17+/m0/s1. The molecule has 0 spiro atoms. The number of aliphatic hydroxyl groups excluding tert-OH is 1. The van der Waals surface area contributed by atoms with Crippen LogP contribution in [0.15, 0.2) is 0 Å². The second-order valence-electron chi connectivity index (χ2n) is 8.27. The van der Waals surface area contributed by atoms with Gasteiger partial charge in [0.2, 0.25) is 0 Å². The van der Waals surface area contributed by atoms with Crippen LogP contribution in [0.25, 0.3) is 0 Å². The Bertz CT molecular complexity index is 325. The van der Waals surface area contributed by atoms with Crippen molar-refractivity contribution in [2.45, 2.75) is 72.3 Å². The molecule has 0 aromatic rings. The Morgan fingerprint density at radius 1 is 1.06 bits per heavy atom. The van der Waals surface area contributed by atoms with E-state index in [1.165, 1.54) is 32.1 Å². The van der Waals surface area contributed by atoms with Crippen molar-refractivity contribution in [1.29, 1.82) is 0 Å².